The highest BCUT2D eigenvalue weighted by Crippen LogP contribution is 2.56. The monoisotopic (exact) mass is 1800 g/mol. The van der Waals surface area contributed by atoms with E-state index in [1.165, 1.54) is 99.8 Å². The Morgan fingerprint density at radius 1 is 0.156 bits per heavy atom. The van der Waals surface area contributed by atoms with E-state index in [-0.39, 0.29) is 0 Å². The molecule has 0 unspecified atom stereocenters. The van der Waals surface area contributed by atoms with Crippen molar-refractivity contribution in [2.45, 2.75) is 0 Å². The number of aromatic nitrogens is 9. The van der Waals surface area contributed by atoms with Crippen LogP contribution in [0.5, 0.6) is 0 Å². The summed E-state index contributed by atoms with van der Waals surface area (Å²) in [5, 5.41) is 15.1. The van der Waals surface area contributed by atoms with Crippen LogP contribution in [0, 0.1) is 0 Å². The Kier molecular flexibility index (Phi) is 19.6. The molecule has 0 spiro atoms. The zero-order valence-electron chi connectivity index (χ0n) is 76.1. The minimum absolute atomic E-state index is 0.694. The number of rotatable bonds is 11. The first-order valence-corrected chi connectivity index (χ1v) is 47.5. The van der Waals surface area contributed by atoms with E-state index >= 15 is 0 Å². The topological polar surface area (TPSA) is 126 Å². The molecule has 0 N–H and O–H groups in total. The first-order valence-electron chi connectivity index (χ1n) is 47.5. The maximum absolute atomic E-state index is 5.35. The van der Waals surface area contributed by atoms with Gasteiger partial charge in [0.15, 0.2) is 17.5 Å². The summed E-state index contributed by atoms with van der Waals surface area (Å²) in [5.41, 5.74) is 35.6. The van der Waals surface area contributed by atoms with Gasteiger partial charge in [-0.2, -0.15) is 0 Å². The molecule has 0 aliphatic carbocycles. The SMILES string of the molecule is c1ccc(-c2ccc(-c3nc(-c4ccc(N5c6ccccc6-c6cccc7cccc5c67)cc4)nc4ccccc34)cc2)nc1.c1ccc2c(c1)-c1cccc3cccc(c13)N2c1ccc(-c2nc(-c3ccc(-c4cccc5cccnc45)cc3)c3ccccc3n2)c2ccccc12.c1ccc2c(c1)-c1cccc3cccc(c13)N2c1ccc(-c2nc(-c3cccc4cccnc34)c3ccccc3n2)cc1. The average molecular weight is 1800 g/mol. The maximum atomic E-state index is 5.35. The molecule has 0 fully saturated rings. The summed E-state index contributed by atoms with van der Waals surface area (Å²) in [4.78, 5) is 51.9. The molecule has 0 radical (unpaired) electrons. The Morgan fingerprint density at radius 2 is 0.489 bits per heavy atom. The van der Waals surface area contributed by atoms with Crippen molar-refractivity contribution in [3.8, 4) is 124 Å². The predicted molar refractivity (Wildman–Crippen MR) is 582 cm³/mol. The van der Waals surface area contributed by atoms with Gasteiger partial charge in [-0.3, -0.25) is 15.0 Å². The molecule has 12 heteroatoms. The molecular formula is C129H80N12. The highest BCUT2D eigenvalue weighted by atomic mass is 15.2. The molecule has 0 amide bonds. The summed E-state index contributed by atoms with van der Waals surface area (Å²) in [6.45, 7) is 0. The van der Waals surface area contributed by atoms with E-state index < -0.39 is 0 Å². The van der Waals surface area contributed by atoms with Crippen molar-refractivity contribution in [1.82, 2.24) is 44.9 Å². The summed E-state index contributed by atoms with van der Waals surface area (Å²) < 4.78 is 0. The number of fused-ring (bicyclic) bond motifs is 12. The van der Waals surface area contributed by atoms with Gasteiger partial charge in [0.25, 0.3) is 0 Å². The molecule has 3 aliphatic rings. The van der Waals surface area contributed by atoms with Crippen LogP contribution in [0.2, 0.25) is 0 Å². The molecule has 9 heterocycles. The summed E-state index contributed by atoms with van der Waals surface area (Å²) in [6, 6.07) is 164. The third-order valence-electron chi connectivity index (χ3n) is 27.7. The molecule has 3 aliphatic heterocycles. The molecule has 0 saturated carbocycles. The third kappa shape index (κ3) is 14.0. The lowest BCUT2D eigenvalue weighted by Crippen LogP contribution is -2.15. The molecule has 656 valence electrons. The number of benzene rings is 20. The minimum atomic E-state index is 0.694. The standard InChI is InChI=1S/C49H30N4.C41H26N4.C39H24N4/c1-2-16-37-36(15-1)40(28-29-44(37)53-43-22-6-4-17-38(43)39-20-7-11-32-12-9-23-45(53)46(32)39)49-51-42-21-5-3-18-41(42)48(52-49)34-26-24-31(25-27-34)35-19-8-13-33-14-10-30-50-47(33)35;1-3-15-36-34(12-1)40(29-20-18-27(19-21-29)35-14-5-6-26-42-35)44-41(43-36)30-22-24-31(25-23-30)45-37-16-4-2-11-32(37)33-13-7-9-28-10-8-17-38(45)39(28)33;1-3-17-33-31(14-1)38(32-16-6-11-26-12-8-24-40-37(26)32)42-39(41-33)27-20-22-28(23-21-27)43-34-18-4-2-13-29(34)30-15-5-9-25-10-7-19-35(43)36(25)30/h1-30H;1-26H;1-24H. The number of anilines is 9. The second-order valence-corrected chi connectivity index (χ2v) is 35.7. The number of pyridine rings is 3. The fourth-order valence-corrected chi connectivity index (χ4v) is 21.3. The van der Waals surface area contributed by atoms with Crippen molar-refractivity contribution in [2.75, 3.05) is 14.7 Å². The van der Waals surface area contributed by atoms with Crippen molar-refractivity contribution in [1.29, 1.82) is 0 Å². The summed E-state index contributed by atoms with van der Waals surface area (Å²) >= 11 is 0. The van der Waals surface area contributed by atoms with Crippen LogP contribution in [-0.4, -0.2) is 44.9 Å². The highest BCUT2D eigenvalue weighted by Gasteiger charge is 2.32. The van der Waals surface area contributed by atoms with E-state index in [2.05, 4.69) is 426 Å². The maximum Gasteiger partial charge on any atom is 0.161 e. The van der Waals surface area contributed by atoms with Gasteiger partial charge in [-0.15, -0.1) is 0 Å². The van der Waals surface area contributed by atoms with Crippen LogP contribution < -0.4 is 14.7 Å². The van der Waals surface area contributed by atoms with Gasteiger partial charge in [-0.25, -0.2) is 29.9 Å². The molecule has 0 atom stereocenters. The number of hydrogen-bond donors (Lipinski definition) is 0. The summed E-state index contributed by atoms with van der Waals surface area (Å²) in [7, 11) is 0. The van der Waals surface area contributed by atoms with E-state index in [9.17, 15) is 0 Å². The van der Waals surface area contributed by atoms with Gasteiger partial charge in [0, 0.05) is 140 Å². The fourth-order valence-electron chi connectivity index (χ4n) is 21.3. The van der Waals surface area contributed by atoms with E-state index in [0.717, 1.165) is 155 Å². The van der Waals surface area contributed by atoms with Gasteiger partial charge >= 0.3 is 0 Å². The van der Waals surface area contributed by atoms with Gasteiger partial charge in [0.1, 0.15) is 0 Å². The molecular weight excluding hydrogens is 1720 g/mol. The quantitative estimate of drug-likeness (QED) is 0.122. The first-order chi connectivity index (χ1) is 69.9. The van der Waals surface area contributed by atoms with E-state index in [1.54, 1.807) is 0 Å². The van der Waals surface area contributed by atoms with Gasteiger partial charge in [-0.05, 0) is 183 Å². The van der Waals surface area contributed by atoms with Crippen LogP contribution in [0.1, 0.15) is 0 Å². The molecule has 29 rings (SSSR count). The molecule has 12 nitrogen and oxygen atoms in total. The Hall–Kier alpha value is -19.2. The number of para-hydroxylation sites is 8. The van der Waals surface area contributed by atoms with Crippen molar-refractivity contribution in [2.24, 2.45) is 0 Å². The average Bonchev–Trinajstić information content (AvgIpc) is 0.719. The second kappa shape index (κ2) is 34.0. The second-order valence-electron chi connectivity index (χ2n) is 35.7. The van der Waals surface area contributed by atoms with E-state index in [4.69, 9.17) is 39.9 Å². The van der Waals surface area contributed by atoms with Gasteiger partial charge < -0.3 is 14.7 Å². The largest absolute Gasteiger partial charge is 0.309 e. The summed E-state index contributed by atoms with van der Waals surface area (Å²) in [5.74, 6) is 2.10. The van der Waals surface area contributed by atoms with Crippen LogP contribution >= 0.6 is 0 Å². The van der Waals surface area contributed by atoms with E-state index in [0.29, 0.717) is 17.5 Å². The molecule has 20 aromatic carbocycles. The molecule has 0 bridgehead atoms. The van der Waals surface area contributed by atoms with Crippen LogP contribution in [0.25, 0.3) is 221 Å². The van der Waals surface area contributed by atoms with Crippen molar-refractivity contribution in [3.63, 3.8) is 0 Å². The zero-order valence-corrected chi connectivity index (χ0v) is 76.1. The van der Waals surface area contributed by atoms with Crippen LogP contribution in [0.4, 0.5) is 51.2 Å². The number of hydrogen-bond acceptors (Lipinski definition) is 12. The van der Waals surface area contributed by atoms with E-state index in [1.807, 2.05) is 79.3 Å². The summed E-state index contributed by atoms with van der Waals surface area (Å²) in [6.07, 6.45) is 5.52. The van der Waals surface area contributed by atoms with Gasteiger partial charge in [-0.1, -0.05) is 328 Å². The molecule has 0 saturated heterocycles. The van der Waals surface area contributed by atoms with Gasteiger partial charge in [0.2, 0.25) is 0 Å². The van der Waals surface area contributed by atoms with Crippen molar-refractivity contribution in [3.05, 3.63) is 486 Å². The van der Waals surface area contributed by atoms with Crippen molar-refractivity contribution < 1.29 is 0 Å². The molecule has 26 aromatic rings. The van der Waals surface area contributed by atoms with Crippen molar-refractivity contribution >= 4 is 149 Å². The normalized spacial score (nSPS) is 12.1. The van der Waals surface area contributed by atoms with Crippen LogP contribution in [-0.2, 0) is 0 Å². The first kappa shape index (κ1) is 81.4. The predicted octanol–water partition coefficient (Wildman–Crippen LogP) is 33.7. The Morgan fingerprint density at radius 3 is 0.979 bits per heavy atom. The Labute approximate surface area is 812 Å². The lowest BCUT2D eigenvalue weighted by atomic mass is 9.90. The Balaban J connectivity index is 0.000000107. The minimum Gasteiger partial charge on any atom is -0.309 e. The van der Waals surface area contributed by atoms with Crippen LogP contribution in [0.3, 0.4) is 0 Å². The lowest BCUT2D eigenvalue weighted by Gasteiger charge is -2.34. The third-order valence-corrected chi connectivity index (χ3v) is 27.7. The Bertz CT molecular complexity index is 9500. The lowest BCUT2D eigenvalue weighted by molar-refractivity contribution is 1.22. The fraction of sp³-hybridized carbons (Fsp3) is 0. The van der Waals surface area contributed by atoms with Crippen LogP contribution in [0.15, 0.2) is 486 Å². The number of nitrogens with zero attached hydrogens (tertiary/aromatic N) is 12. The molecule has 6 aromatic heterocycles. The highest BCUT2D eigenvalue weighted by molar-refractivity contribution is 6.19. The van der Waals surface area contributed by atoms with Gasteiger partial charge in [0.05, 0.1) is 90.2 Å². The zero-order chi connectivity index (χ0) is 93.0. The smallest absolute Gasteiger partial charge is 0.161 e. The molecule has 141 heavy (non-hydrogen) atoms.